The van der Waals surface area contributed by atoms with Gasteiger partial charge in [-0.25, -0.2) is 0 Å². The molecule has 0 aliphatic carbocycles. The third-order valence-electron chi connectivity index (χ3n) is 10.1. The predicted molar refractivity (Wildman–Crippen MR) is 183 cm³/mol. The van der Waals surface area contributed by atoms with Crippen LogP contribution >= 0.6 is 0 Å². The number of benzene rings is 3. The zero-order valence-corrected chi connectivity index (χ0v) is 27.5. The molecule has 2 saturated heterocycles. The molecule has 0 aromatic heterocycles. The molecule has 1 unspecified atom stereocenters. The van der Waals surface area contributed by atoms with Gasteiger partial charge in [-0.3, -0.25) is 14.4 Å². The van der Waals surface area contributed by atoms with Crippen LogP contribution in [0.25, 0.3) is 0 Å². The second kappa shape index (κ2) is 12.7. The molecule has 4 heterocycles. The number of aliphatic hydroxyl groups excluding tert-OH is 1. The Morgan fingerprint density at radius 3 is 2.40 bits per heavy atom. The lowest BCUT2D eigenvalue weighted by Crippen LogP contribution is -2.58. The van der Waals surface area contributed by atoms with Crippen LogP contribution in [-0.2, 0) is 25.5 Å². The minimum atomic E-state index is -1.41. The lowest BCUT2D eigenvalue weighted by atomic mass is 9.77. The average Bonchev–Trinajstić information content (AvgIpc) is 3.41. The third kappa shape index (κ3) is 5.22. The summed E-state index contributed by atoms with van der Waals surface area (Å²) in [6.07, 6.45) is 7.11. The molecule has 0 bridgehead atoms. The van der Waals surface area contributed by atoms with Gasteiger partial charge in [0.2, 0.25) is 11.8 Å². The highest BCUT2D eigenvalue weighted by atomic mass is 16.5. The Labute approximate surface area is 281 Å². The number of anilines is 2. The molecule has 3 aromatic carbocycles. The topological polar surface area (TPSA) is 99.6 Å². The first-order chi connectivity index (χ1) is 23.3. The number of nitrogens with zero attached hydrogens (tertiary/aromatic N) is 3. The normalized spacial score (nSPS) is 27.0. The molecule has 9 heteroatoms. The Bertz CT molecular complexity index is 1770. The molecule has 4 aliphatic rings. The Morgan fingerprint density at radius 1 is 0.917 bits per heavy atom. The molecule has 248 valence electrons. The van der Waals surface area contributed by atoms with Crippen LogP contribution in [0.3, 0.4) is 0 Å². The Morgan fingerprint density at radius 2 is 1.67 bits per heavy atom. The summed E-state index contributed by atoms with van der Waals surface area (Å²) in [6, 6.07) is 21.1. The van der Waals surface area contributed by atoms with E-state index in [2.05, 4.69) is 0 Å². The van der Waals surface area contributed by atoms with E-state index in [1.807, 2.05) is 118 Å². The highest BCUT2D eigenvalue weighted by Gasteiger charge is 2.72. The molecule has 9 nitrogen and oxygen atoms in total. The summed E-state index contributed by atoms with van der Waals surface area (Å²) in [6.45, 7) is 6.61. The number of ether oxygens (including phenoxy) is 2. The minimum Gasteiger partial charge on any atom is -0.494 e. The van der Waals surface area contributed by atoms with Crippen molar-refractivity contribution in [2.45, 2.75) is 51.0 Å². The number of aryl methyl sites for hydroxylation is 2. The van der Waals surface area contributed by atoms with Crippen LogP contribution in [0.2, 0.25) is 0 Å². The van der Waals surface area contributed by atoms with Crippen molar-refractivity contribution in [3.8, 4) is 5.75 Å². The summed E-state index contributed by atoms with van der Waals surface area (Å²) in [7, 11) is 0. The molecule has 6 atom stereocenters. The maximum absolute atomic E-state index is 15.0. The van der Waals surface area contributed by atoms with E-state index in [4.69, 9.17) is 9.47 Å². The van der Waals surface area contributed by atoms with Gasteiger partial charge in [0, 0.05) is 24.5 Å². The fraction of sp³-hybridized carbons (Fsp3) is 0.359. The number of hydrogen-bond acceptors (Lipinski definition) is 6. The van der Waals surface area contributed by atoms with Gasteiger partial charge >= 0.3 is 0 Å². The van der Waals surface area contributed by atoms with Gasteiger partial charge in [-0.1, -0.05) is 66.8 Å². The number of carbonyl (C=O) groups excluding carboxylic acids is 3. The van der Waals surface area contributed by atoms with Crippen LogP contribution in [0.1, 0.15) is 23.6 Å². The predicted octanol–water partition coefficient (Wildman–Crippen LogP) is 4.39. The van der Waals surface area contributed by atoms with Gasteiger partial charge in [-0.15, -0.1) is 0 Å². The van der Waals surface area contributed by atoms with Gasteiger partial charge < -0.3 is 29.3 Å². The number of rotatable bonds is 8. The second-order valence-electron chi connectivity index (χ2n) is 13.1. The van der Waals surface area contributed by atoms with Crippen LogP contribution in [0.5, 0.6) is 5.75 Å². The van der Waals surface area contributed by atoms with E-state index in [-0.39, 0.29) is 30.9 Å². The Hall–Kier alpha value is -4.73. The summed E-state index contributed by atoms with van der Waals surface area (Å²) >= 11 is 0. The lowest BCUT2D eigenvalue weighted by molar-refractivity contribution is -0.144. The highest BCUT2D eigenvalue weighted by molar-refractivity contribution is 6.07. The first-order valence-corrected chi connectivity index (χ1v) is 16.7. The largest absolute Gasteiger partial charge is 0.494 e. The van der Waals surface area contributed by atoms with E-state index in [0.29, 0.717) is 31.0 Å². The summed E-state index contributed by atoms with van der Waals surface area (Å²) in [5, 5.41) is 10.8. The van der Waals surface area contributed by atoms with Gasteiger partial charge in [-0.05, 0) is 74.2 Å². The molecule has 48 heavy (non-hydrogen) atoms. The second-order valence-corrected chi connectivity index (χ2v) is 13.1. The highest BCUT2D eigenvalue weighted by Crippen LogP contribution is 2.54. The number of amides is 3. The van der Waals surface area contributed by atoms with E-state index in [0.717, 1.165) is 22.4 Å². The number of likely N-dealkylation sites (tertiary alicyclic amines) is 1. The van der Waals surface area contributed by atoms with Crippen LogP contribution < -0.4 is 14.5 Å². The first-order valence-electron chi connectivity index (χ1n) is 16.7. The Balaban J connectivity index is 1.33. The van der Waals surface area contributed by atoms with Crippen LogP contribution in [0.4, 0.5) is 11.4 Å². The molecule has 0 radical (unpaired) electrons. The molecule has 7 rings (SSSR count). The fourth-order valence-electron chi connectivity index (χ4n) is 7.95. The van der Waals surface area contributed by atoms with Gasteiger partial charge in [0.15, 0.2) is 0 Å². The molecule has 4 aliphatic heterocycles. The zero-order chi connectivity index (χ0) is 33.6. The zero-order valence-electron chi connectivity index (χ0n) is 27.5. The average molecular weight is 648 g/mol. The van der Waals surface area contributed by atoms with Crippen LogP contribution in [0, 0.1) is 25.7 Å². The van der Waals surface area contributed by atoms with Gasteiger partial charge in [0.1, 0.15) is 17.4 Å². The number of hydrogen-bond donors (Lipinski definition) is 1. The van der Waals surface area contributed by atoms with E-state index in [1.54, 1.807) is 9.80 Å². The van der Waals surface area contributed by atoms with Gasteiger partial charge in [0.05, 0.1) is 37.2 Å². The van der Waals surface area contributed by atoms with Crippen LogP contribution in [0.15, 0.2) is 97.1 Å². The molecule has 1 spiro atoms. The molecule has 3 amide bonds. The summed E-state index contributed by atoms with van der Waals surface area (Å²) in [5.41, 5.74) is 2.88. The van der Waals surface area contributed by atoms with Crippen molar-refractivity contribution in [1.29, 1.82) is 0 Å². The van der Waals surface area contributed by atoms with Gasteiger partial charge in [0.25, 0.3) is 5.91 Å². The van der Waals surface area contributed by atoms with Crippen molar-refractivity contribution >= 4 is 29.1 Å². The summed E-state index contributed by atoms with van der Waals surface area (Å²) in [5.74, 6) is -2.06. The number of aliphatic hydroxyl groups is 1. The van der Waals surface area contributed by atoms with Gasteiger partial charge in [-0.2, -0.15) is 0 Å². The molecule has 1 N–H and O–H groups in total. The van der Waals surface area contributed by atoms with Crippen molar-refractivity contribution in [1.82, 2.24) is 4.90 Å². The van der Waals surface area contributed by atoms with Crippen molar-refractivity contribution in [3.05, 3.63) is 114 Å². The third-order valence-corrected chi connectivity index (χ3v) is 10.1. The monoisotopic (exact) mass is 647 g/mol. The van der Waals surface area contributed by atoms with E-state index in [9.17, 15) is 19.5 Å². The number of fused-ring (bicyclic) bond motifs is 2. The van der Waals surface area contributed by atoms with E-state index in [1.165, 1.54) is 4.90 Å². The molecule has 0 saturated carbocycles. The first kappa shape index (κ1) is 31.8. The fourth-order valence-corrected chi connectivity index (χ4v) is 7.95. The quantitative estimate of drug-likeness (QED) is 0.364. The SMILES string of the molecule is CCOc1ccc(N2CC=C[C@H]3O[C@]45C=CCN(c6cc(C)ccc6C)C(=O)C4N([C@@H](CO)Cc4ccccc4)C(=O)[C@@H]5[C@H]3C2=O)cc1. The molecule has 3 aromatic rings. The maximum atomic E-state index is 15.0. The molecule has 2 fully saturated rings. The van der Waals surface area contributed by atoms with Crippen molar-refractivity contribution in [3.63, 3.8) is 0 Å². The van der Waals surface area contributed by atoms with Crippen molar-refractivity contribution < 1.29 is 29.0 Å². The maximum Gasteiger partial charge on any atom is 0.253 e. The smallest absolute Gasteiger partial charge is 0.253 e. The summed E-state index contributed by atoms with van der Waals surface area (Å²) in [4.78, 5) is 49.5. The van der Waals surface area contributed by atoms with Crippen LogP contribution in [-0.4, -0.2) is 77.8 Å². The molecular weight excluding hydrogens is 606 g/mol. The lowest BCUT2D eigenvalue weighted by Gasteiger charge is -2.39. The van der Waals surface area contributed by atoms with Crippen molar-refractivity contribution in [2.24, 2.45) is 11.8 Å². The summed E-state index contributed by atoms with van der Waals surface area (Å²) < 4.78 is 12.5. The molecular formula is C39H41N3O6. The number of carbonyl (C=O) groups is 3. The van der Waals surface area contributed by atoms with Crippen molar-refractivity contribution in [2.75, 3.05) is 36.1 Å². The standard InChI is InChI=1S/C39H41N3O6/c1-4-47-30-17-15-28(16-18-30)40-20-8-12-32-33(36(40)44)34-37(45)42(29(24-43)23-27-10-6-5-7-11-27)35-38(46)41(21-9-19-39(34,35)48-32)31-22-25(2)13-14-26(31)3/h5-19,22,29,32-35,43H,4,20-21,23-24H2,1-3H3/t29-,32-,33+,34+,35?,39+/m1/s1. The Kier molecular flexibility index (Phi) is 8.43. The minimum absolute atomic E-state index is 0.245. The van der Waals surface area contributed by atoms with E-state index >= 15 is 0 Å². The van der Waals surface area contributed by atoms with E-state index < -0.39 is 35.6 Å².